The highest BCUT2D eigenvalue weighted by molar-refractivity contribution is 5.79. The van der Waals surface area contributed by atoms with Crippen LogP contribution >= 0.6 is 0 Å². The van der Waals surface area contributed by atoms with Gasteiger partial charge in [-0.3, -0.25) is 0 Å². The third-order valence-electron chi connectivity index (χ3n) is 1.20. The Bertz CT molecular complexity index is 262. The molecule has 0 heterocycles. The van der Waals surface area contributed by atoms with E-state index in [4.69, 9.17) is 20.7 Å². The molecular weight excluding hydrogens is 231 g/mol. The lowest BCUT2D eigenvalue weighted by molar-refractivity contribution is -0.192. The summed E-state index contributed by atoms with van der Waals surface area (Å²) in [4.78, 5) is 18.8. The second kappa shape index (κ2) is 7.69. The number of halogens is 3. The molecule has 1 atom stereocenters. The van der Waals surface area contributed by atoms with Crippen LogP contribution in [0.5, 0.6) is 0 Å². The summed E-state index contributed by atoms with van der Waals surface area (Å²) >= 11 is 0. The number of hydrogen-bond acceptors (Lipinski definition) is 3. The SMILES string of the molecule is CC[C@H](N)/C=C/C(=O)O.O=C(O)C(F)(F)F. The molecule has 0 unspecified atom stereocenters. The van der Waals surface area contributed by atoms with Crippen LogP contribution in [0.2, 0.25) is 0 Å². The van der Waals surface area contributed by atoms with Gasteiger partial charge in [0.15, 0.2) is 0 Å². The van der Waals surface area contributed by atoms with Gasteiger partial charge in [-0.25, -0.2) is 9.59 Å². The van der Waals surface area contributed by atoms with Crippen molar-refractivity contribution in [1.29, 1.82) is 0 Å². The van der Waals surface area contributed by atoms with Gasteiger partial charge in [-0.05, 0) is 6.42 Å². The zero-order valence-corrected chi connectivity index (χ0v) is 8.36. The fourth-order valence-corrected chi connectivity index (χ4v) is 0.342. The maximum absolute atomic E-state index is 10.6. The average molecular weight is 243 g/mol. The van der Waals surface area contributed by atoms with E-state index in [1.807, 2.05) is 6.92 Å². The van der Waals surface area contributed by atoms with Gasteiger partial charge in [0, 0.05) is 12.1 Å². The molecule has 4 N–H and O–H groups in total. The molecule has 5 nitrogen and oxygen atoms in total. The topological polar surface area (TPSA) is 101 Å². The van der Waals surface area contributed by atoms with Crippen LogP contribution in [0.15, 0.2) is 12.2 Å². The first kappa shape index (κ1) is 16.8. The molecule has 0 aliphatic carbocycles. The predicted octanol–water partition coefficient (Wildman–Crippen LogP) is 0.998. The Morgan fingerprint density at radius 1 is 1.38 bits per heavy atom. The molecule has 0 aliphatic rings. The van der Waals surface area contributed by atoms with Crippen LogP contribution in [0.25, 0.3) is 0 Å². The Morgan fingerprint density at radius 3 is 1.94 bits per heavy atom. The Morgan fingerprint density at radius 2 is 1.75 bits per heavy atom. The summed E-state index contributed by atoms with van der Waals surface area (Å²) in [6.45, 7) is 1.90. The van der Waals surface area contributed by atoms with Crippen LogP contribution in [0.3, 0.4) is 0 Å². The first-order valence-electron chi connectivity index (χ1n) is 4.08. The zero-order valence-electron chi connectivity index (χ0n) is 8.36. The Labute approximate surface area is 89.4 Å². The molecule has 0 amide bonds. The van der Waals surface area contributed by atoms with Crippen LogP contribution in [0, 0.1) is 0 Å². The summed E-state index contributed by atoms with van der Waals surface area (Å²) in [6, 6.07) is -0.124. The van der Waals surface area contributed by atoms with Crippen LogP contribution in [0.4, 0.5) is 13.2 Å². The molecule has 0 bridgehead atoms. The van der Waals surface area contributed by atoms with Gasteiger partial charge < -0.3 is 15.9 Å². The third-order valence-corrected chi connectivity index (χ3v) is 1.20. The largest absolute Gasteiger partial charge is 0.490 e. The molecular formula is C8H12F3NO4. The number of rotatable bonds is 3. The van der Waals surface area contributed by atoms with Gasteiger partial charge in [0.2, 0.25) is 0 Å². The zero-order chi connectivity index (χ0) is 13.4. The summed E-state index contributed by atoms with van der Waals surface area (Å²) in [5.41, 5.74) is 5.37. The summed E-state index contributed by atoms with van der Waals surface area (Å²) in [5, 5.41) is 15.2. The van der Waals surface area contributed by atoms with E-state index in [1.54, 1.807) is 0 Å². The lowest BCUT2D eigenvalue weighted by atomic mass is 10.2. The van der Waals surface area contributed by atoms with E-state index in [0.29, 0.717) is 0 Å². The van der Waals surface area contributed by atoms with E-state index in [1.165, 1.54) is 6.08 Å². The molecule has 0 radical (unpaired) electrons. The molecule has 0 aliphatic heterocycles. The number of aliphatic carboxylic acids is 2. The highest BCUT2D eigenvalue weighted by Gasteiger charge is 2.38. The number of carbonyl (C=O) groups is 2. The first-order chi connectivity index (χ1) is 7.11. The molecule has 0 aromatic rings. The molecule has 94 valence electrons. The molecule has 0 rings (SSSR count). The molecule has 0 spiro atoms. The predicted molar refractivity (Wildman–Crippen MR) is 48.7 cm³/mol. The fraction of sp³-hybridized carbons (Fsp3) is 0.500. The Balaban J connectivity index is 0. The fourth-order valence-electron chi connectivity index (χ4n) is 0.342. The van der Waals surface area contributed by atoms with E-state index < -0.39 is 18.1 Å². The van der Waals surface area contributed by atoms with Gasteiger partial charge in [0.1, 0.15) is 0 Å². The van der Waals surface area contributed by atoms with Gasteiger partial charge in [0.05, 0.1) is 0 Å². The van der Waals surface area contributed by atoms with Crippen molar-refractivity contribution in [2.75, 3.05) is 0 Å². The summed E-state index contributed by atoms with van der Waals surface area (Å²) in [6.07, 6.45) is -1.78. The van der Waals surface area contributed by atoms with Crippen molar-refractivity contribution in [2.24, 2.45) is 5.73 Å². The van der Waals surface area contributed by atoms with Crippen molar-refractivity contribution >= 4 is 11.9 Å². The van der Waals surface area contributed by atoms with Gasteiger partial charge in [-0.15, -0.1) is 0 Å². The highest BCUT2D eigenvalue weighted by Crippen LogP contribution is 2.13. The van der Waals surface area contributed by atoms with Gasteiger partial charge >= 0.3 is 18.1 Å². The van der Waals surface area contributed by atoms with Crippen molar-refractivity contribution in [3.63, 3.8) is 0 Å². The second-order valence-electron chi connectivity index (χ2n) is 2.57. The van der Waals surface area contributed by atoms with E-state index >= 15 is 0 Å². The lowest BCUT2D eigenvalue weighted by Crippen LogP contribution is -2.21. The molecule has 16 heavy (non-hydrogen) atoms. The number of alkyl halides is 3. The number of carboxylic acid groups (broad SMARTS) is 2. The minimum absolute atomic E-state index is 0.124. The van der Waals surface area contributed by atoms with Crippen molar-refractivity contribution < 1.29 is 33.0 Å². The second-order valence-corrected chi connectivity index (χ2v) is 2.57. The Kier molecular flexibility index (Phi) is 8.09. The van der Waals surface area contributed by atoms with Crippen LogP contribution in [0.1, 0.15) is 13.3 Å². The monoisotopic (exact) mass is 243 g/mol. The molecule has 0 saturated heterocycles. The summed E-state index contributed by atoms with van der Waals surface area (Å²) < 4.78 is 31.7. The lowest BCUT2D eigenvalue weighted by Gasteiger charge is -1.96. The summed E-state index contributed by atoms with van der Waals surface area (Å²) in [5.74, 6) is -3.70. The van der Waals surface area contributed by atoms with Crippen LogP contribution in [-0.2, 0) is 9.59 Å². The number of carboxylic acids is 2. The first-order valence-corrected chi connectivity index (χ1v) is 4.08. The highest BCUT2D eigenvalue weighted by atomic mass is 19.4. The average Bonchev–Trinajstić information content (AvgIpc) is 2.13. The summed E-state index contributed by atoms with van der Waals surface area (Å²) in [7, 11) is 0. The normalized spacial score (nSPS) is 12.8. The minimum Gasteiger partial charge on any atom is -0.478 e. The molecule has 0 aromatic heterocycles. The van der Waals surface area contributed by atoms with Crippen LogP contribution in [-0.4, -0.2) is 34.4 Å². The quantitative estimate of drug-likeness (QED) is 0.642. The Hall–Kier alpha value is -1.57. The standard InChI is InChI=1S/C6H11NO2.C2HF3O2/c1-2-5(7)3-4-6(8)9;3-2(4,5)1(6)7/h3-5H,2,7H2,1H3,(H,8,9);(H,6,7)/b4-3+;/t5-;/m0./s1. The number of hydrogen-bond donors (Lipinski definition) is 3. The smallest absolute Gasteiger partial charge is 0.478 e. The maximum Gasteiger partial charge on any atom is 0.490 e. The van der Waals surface area contributed by atoms with E-state index in [0.717, 1.165) is 12.5 Å². The van der Waals surface area contributed by atoms with Crippen molar-refractivity contribution in [2.45, 2.75) is 25.6 Å². The van der Waals surface area contributed by atoms with E-state index in [2.05, 4.69) is 0 Å². The van der Waals surface area contributed by atoms with Crippen molar-refractivity contribution in [1.82, 2.24) is 0 Å². The van der Waals surface area contributed by atoms with Gasteiger partial charge in [-0.1, -0.05) is 13.0 Å². The molecule has 0 aromatic carbocycles. The maximum atomic E-state index is 10.6. The van der Waals surface area contributed by atoms with Crippen LogP contribution < -0.4 is 5.73 Å². The van der Waals surface area contributed by atoms with Gasteiger partial charge in [0.25, 0.3) is 0 Å². The van der Waals surface area contributed by atoms with E-state index in [9.17, 15) is 18.0 Å². The van der Waals surface area contributed by atoms with E-state index in [-0.39, 0.29) is 6.04 Å². The van der Waals surface area contributed by atoms with Gasteiger partial charge in [-0.2, -0.15) is 13.2 Å². The molecule has 0 saturated carbocycles. The minimum atomic E-state index is -5.08. The van der Waals surface area contributed by atoms with Crippen molar-refractivity contribution in [3.05, 3.63) is 12.2 Å². The molecule has 0 fully saturated rings. The third kappa shape index (κ3) is 12.4. The number of nitrogens with two attached hydrogens (primary N) is 1. The molecule has 8 heteroatoms. The van der Waals surface area contributed by atoms with Crippen molar-refractivity contribution in [3.8, 4) is 0 Å².